The van der Waals surface area contributed by atoms with E-state index in [1.165, 1.54) is 6.92 Å². The Morgan fingerprint density at radius 3 is 2.65 bits per heavy atom. The van der Waals surface area contributed by atoms with E-state index in [4.69, 9.17) is 0 Å². The van der Waals surface area contributed by atoms with Gasteiger partial charge in [0.1, 0.15) is 0 Å². The van der Waals surface area contributed by atoms with Gasteiger partial charge in [0.2, 0.25) is 5.91 Å². The van der Waals surface area contributed by atoms with Crippen molar-refractivity contribution in [2.45, 2.75) is 19.4 Å². The third kappa shape index (κ3) is 3.80. The summed E-state index contributed by atoms with van der Waals surface area (Å²) in [4.78, 5) is 23.0. The third-order valence-corrected chi connectivity index (χ3v) is 4.78. The van der Waals surface area contributed by atoms with E-state index in [2.05, 4.69) is 10.6 Å². The van der Waals surface area contributed by atoms with Gasteiger partial charge in [0.05, 0.1) is 11.5 Å². The predicted molar refractivity (Wildman–Crippen MR) is 75.3 cm³/mol. The van der Waals surface area contributed by atoms with Gasteiger partial charge in [0.15, 0.2) is 9.84 Å². The summed E-state index contributed by atoms with van der Waals surface area (Å²) in [5.41, 5.74) is 0.921. The van der Waals surface area contributed by atoms with Crippen LogP contribution < -0.4 is 10.6 Å². The lowest BCUT2D eigenvalue weighted by Crippen LogP contribution is -2.35. The Balaban J connectivity index is 2.04. The molecule has 0 saturated carbocycles. The van der Waals surface area contributed by atoms with Crippen molar-refractivity contribution in [2.75, 3.05) is 16.8 Å². The summed E-state index contributed by atoms with van der Waals surface area (Å²) < 4.78 is 22.7. The standard InChI is InChI=1S/C13H16N2O4S/c1-9(16)14-11-4-2-3-10(7-11)13(17)15-12-5-6-20(18,19)8-12/h2-4,7,12H,5-6,8H2,1H3,(H,14,16)(H,15,17). The van der Waals surface area contributed by atoms with Crippen LogP contribution in [0.5, 0.6) is 0 Å². The van der Waals surface area contributed by atoms with E-state index in [1.807, 2.05) is 0 Å². The number of carbonyl (C=O) groups excluding carboxylic acids is 2. The van der Waals surface area contributed by atoms with Crippen molar-refractivity contribution in [1.82, 2.24) is 5.32 Å². The molecule has 108 valence electrons. The fraction of sp³-hybridized carbons (Fsp3) is 0.385. The van der Waals surface area contributed by atoms with Gasteiger partial charge >= 0.3 is 0 Å². The molecular formula is C13H16N2O4S. The molecule has 0 radical (unpaired) electrons. The summed E-state index contributed by atoms with van der Waals surface area (Å²) in [6, 6.07) is 6.17. The van der Waals surface area contributed by atoms with Crippen LogP contribution in [0.2, 0.25) is 0 Å². The smallest absolute Gasteiger partial charge is 0.251 e. The van der Waals surface area contributed by atoms with Gasteiger partial charge in [-0.25, -0.2) is 8.42 Å². The number of anilines is 1. The van der Waals surface area contributed by atoms with Gasteiger partial charge in [-0.05, 0) is 24.6 Å². The lowest BCUT2D eigenvalue weighted by Gasteiger charge is -2.11. The van der Waals surface area contributed by atoms with Gasteiger partial charge in [-0.3, -0.25) is 9.59 Å². The van der Waals surface area contributed by atoms with E-state index in [1.54, 1.807) is 24.3 Å². The molecule has 1 aromatic rings. The van der Waals surface area contributed by atoms with Crippen molar-refractivity contribution < 1.29 is 18.0 Å². The summed E-state index contributed by atoms with van der Waals surface area (Å²) >= 11 is 0. The number of benzene rings is 1. The maximum Gasteiger partial charge on any atom is 0.251 e. The van der Waals surface area contributed by atoms with Gasteiger partial charge in [-0.1, -0.05) is 6.07 Å². The molecule has 1 aliphatic heterocycles. The van der Waals surface area contributed by atoms with Crippen LogP contribution in [0, 0.1) is 0 Å². The molecule has 1 unspecified atom stereocenters. The van der Waals surface area contributed by atoms with Crippen LogP contribution in [-0.4, -0.2) is 37.8 Å². The molecule has 2 N–H and O–H groups in total. The Morgan fingerprint density at radius 2 is 2.05 bits per heavy atom. The third-order valence-electron chi connectivity index (χ3n) is 3.01. The molecule has 7 heteroatoms. The second kappa shape index (κ2) is 5.62. The minimum atomic E-state index is -3.02. The monoisotopic (exact) mass is 296 g/mol. The number of nitrogens with one attached hydrogen (secondary N) is 2. The molecule has 6 nitrogen and oxygen atoms in total. The minimum Gasteiger partial charge on any atom is -0.348 e. The SMILES string of the molecule is CC(=O)Nc1cccc(C(=O)NC2CCS(=O)(=O)C2)c1. The zero-order valence-electron chi connectivity index (χ0n) is 11.0. The highest BCUT2D eigenvalue weighted by molar-refractivity contribution is 7.91. The first-order valence-corrected chi connectivity index (χ1v) is 8.07. The number of rotatable bonds is 3. The molecular weight excluding hydrogens is 280 g/mol. The Hall–Kier alpha value is -1.89. The van der Waals surface area contributed by atoms with E-state index in [9.17, 15) is 18.0 Å². The topological polar surface area (TPSA) is 92.3 Å². The van der Waals surface area contributed by atoms with Gasteiger partial charge in [-0.15, -0.1) is 0 Å². The fourth-order valence-electron chi connectivity index (χ4n) is 2.12. The molecule has 0 aromatic heterocycles. The van der Waals surface area contributed by atoms with Crippen molar-refractivity contribution in [3.8, 4) is 0 Å². The highest BCUT2D eigenvalue weighted by Crippen LogP contribution is 2.14. The zero-order valence-corrected chi connectivity index (χ0v) is 11.9. The van der Waals surface area contributed by atoms with E-state index >= 15 is 0 Å². The molecule has 0 aliphatic carbocycles. The van der Waals surface area contributed by atoms with E-state index in [0.717, 1.165) is 0 Å². The molecule has 20 heavy (non-hydrogen) atoms. The highest BCUT2D eigenvalue weighted by Gasteiger charge is 2.29. The van der Waals surface area contributed by atoms with Crippen LogP contribution in [0.25, 0.3) is 0 Å². The Labute approximate surface area is 117 Å². The van der Waals surface area contributed by atoms with Crippen molar-refractivity contribution in [1.29, 1.82) is 0 Å². The Kier molecular flexibility index (Phi) is 4.08. The molecule has 1 aromatic carbocycles. The molecule has 1 saturated heterocycles. The number of hydrogen-bond donors (Lipinski definition) is 2. The molecule has 1 atom stereocenters. The lowest BCUT2D eigenvalue weighted by atomic mass is 10.1. The molecule has 2 amide bonds. The summed E-state index contributed by atoms with van der Waals surface area (Å²) in [5.74, 6) is -0.447. The highest BCUT2D eigenvalue weighted by atomic mass is 32.2. The molecule has 1 aliphatic rings. The van der Waals surface area contributed by atoms with Crippen LogP contribution in [0.15, 0.2) is 24.3 Å². The van der Waals surface area contributed by atoms with Crippen LogP contribution in [0.1, 0.15) is 23.7 Å². The van der Waals surface area contributed by atoms with E-state index in [0.29, 0.717) is 17.7 Å². The fourth-order valence-corrected chi connectivity index (χ4v) is 3.79. The number of amides is 2. The first kappa shape index (κ1) is 14.5. The largest absolute Gasteiger partial charge is 0.348 e. The number of hydrogen-bond acceptors (Lipinski definition) is 4. The predicted octanol–water partition coefficient (Wildman–Crippen LogP) is 0.562. The van der Waals surface area contributed by atoms with E-state index < -0.39 is 9.84 Å². The summed E-state index contributed by atoms with van der Waals surface area (Å²) in [5, 5.41) is 5.29. The normalized spacial score (nSPS) is 20.4. The second-order valence-electron chi connectivity index (χ2n) is 4.84. The quantitative estimate of drug-likeness (QED) is 0.852. The second-order valence-corrected chi connectivity index (χ2v) is 7.06. The van der Waals surface area contributed by atoms with Gasteiger partial charge in [0.25, 0.3) is 5.91 Å². The van der Waals surface area contributed by atoms with Gasteiger partial charge in [0, 0.05) is 24.2 Å². The van der Waals surface area contributed by atoms with Crippen LogP contribution in [0.4, 0.5) is 5.69 Å². The number of sulfone groups is 1. The first-order chi connectivity index (χ1) is 9.35. The summed E-state index contributed by atoms with van der Waals surface area (Å²) in [7, 11) is -3.02. The van der Waals surface area contributed by atoms with Crippen LogP contribution in [0.3, 0.4) is 0 Å². The van der Waals surface area contributed by atoms with Crippen LogP contribution in [-0.2, 0) is 14.6 Å². The summed E-state index contributed by atoms with van der Waals surface area (Å²) in [6.07, 6.45) is 0.444. The Morgan fingerprint density at radius 1 is 1.30 bits per heavy atom. The first-order valence-electron chi connectivity index (χ1n) is 6.25. The van der Waals surface area contributed by atoms with Crippen molar-refractivity contribution in [2.24, 2.45) is 0 Å². The maximum absolute atomic E-state index is 12.0. The van der Waals surface area contributed by atoms with Crippen molar-refractivity contribution >= 4 is 27.3 Å². The van der Waals surface area contributed by atoms with E-state index in [-0.39, 0.29) is 29.4 Å². The van der Waals surface area contributed by atoms with Crippen molar-refractivity contribution in [3.05, 3.63) is 29.8 Å². The average molecular weight is 296 g/mol. The minimum absolute atomic E-state index is 0.00979. The van der Waals surface area contributed by atoms with Gasteiger partial charge in [-0.2, -0.15) is 0 Å². The Bertz CT molecular complexity index is 640. The molecule has 1 heterocycles. The maximum atomic E-state index is 12.0. The molecule has 0 spiro atoms. The molecule has 1 fully saturated rings. The molecule has 2 rings (SSSR count). The summed E-state index contributed by atoms with van der Waals surface area (Å²) in [6.45, 7) is 1.39. The zero-order chi connectivity index (χ0) is 14.8. The van der Waals surface area contributed by atoms with Crippen LogP contribution >= 0.6 is 0 Å². The van der Waals surface area contributed by atoms with Crippen molar-refractivity contribution in [3.63, 3.8) is 0 Å². The van der Waals surface area contributed by atoms with Gasteiger partial charge < -0.3 is 10.6 Å². The lowest BCUT2D eigenvalue weighted by molar-refractivity contribution is -0.114. The number of carbonyl (C=O) groups is 2. The molecule has 0 bridgehead atoms. The average Bonchev–Trinajstić information content (AvgIpc) is 2.68.